The third-order valence-corrected chi connectivity index (χ3v) is 3.00. The van der Waals surface area contributed by atoms with Crippen LogP contribution < -0.4 is 15.8 Å². The number of rotatable bonds is 4. The molecule has 3 N–H and O–H groups in total. The smallest absolute Gasteiger partial charge is 0.265 e. The maximum Gasteiger partial charge on any atom is 0.265 e. The average molecular weight is 288 g/mol. The molecular formula is C16H17FN2O2. The van der Waals surface area contributed by atoms with Gasteiger partial charge in [0.25, 0.3) is 5.91 Å². The first kappa shape index (κ1) is 14.8. The lowest BCUT2D eigenvalue weighted by atomic mass is 10.2. The third kappa shape index (κ3) is 3.95. The monoisotopic (exact) mass is 288 g/mol. The van der Waals surface area contributed by atoms with Gasteiger partial charge < -0.3 is 15.8 Å². The van der Waals surface area contributed by atoms with Gasteiger partial charge in [0.15, 0.2) is 6.10 Å². The van der Waals surface area contributed by atoms with E-state index >= 15 is 0 Å². The Kier molecular flexibility index (Phi) is 4.42. The van der Waals surface area contributed by atoms with Crippen molar-refractivity contribution >= 4 is 17.3 Å². The van der Waals surface area contributed by atoms with Crippen molar-refractivity contribution in [1.82, 2.24) is 0 Å². The van der Waals surface area contributed by atoms with E-state index in [1.807, 2.05) is 0 Å². The number of benzene rings is 2. The molecule has 1 amide bonds. The van der Waals surface area contributed by atoms with Crippen LogP contribution in [0.1, 0.15) is 12.5 Å². The summed E-state index contributed by atoms with van der Waals surface area (Å²) in [7, 11) is 0. The van der Waals surface area contributed by atoms with Crippen molar-refractivity contribution in [2.75, 3.05) is 11.1 Å². The molecule has 2 rings (SSSR count). The van der Waals surface area contributed by atoms with Crippen molar-refractivity contribution < 1.29 is 13.9 Å². The highest BCUT2D eigenvalue weighted by Crippen LogP contribution is 2.18. The first-order valence-electron chi connectivity index (χ1n) is 6.55. The zero-order valence-electron chi connectivity index (χ0n) is 11.9. The predicted octanol–water partition coefficient (Wildman–Crippen LogP) is 3.12. The van der Waals surface area contributed by atoms with Gasteiger partial charge in [0.1, 0.15) is 11.6 Å². The molecule has 1 unspecified atom stereocenters. The second kappa shape index (κ2) is 6.26. The number of amides is 1. The molecular weight excluding hydrogens is 271 g/mol. The Morgan fingerprint density at radius 2 is 1.90 bits per heavy atom. The minimum Gasteiger partial charge on any atom is -0.481 e. The fourth-order valence-electron chi connectivity index (χ4n) is 1.71. The summed E-state index contributed by atoms with van der Waals surface area (Å²) in [5.41, 5.74) is 7.34. The predicted molar refractivity (Wildman–Crippen MR) is 80.7 cm³/mol. The van der Waals surface area contributed by atoms with Gasteiger partial charge >= 0.3 is 0 Å². The number of hydrogen-bond donors (Lipinski definition) is 2. The van der Waals surface area contributed by atoms with Crippen LogP contribution in [-0.4, -0.2) is 12.0 Å². The molecule has 0 heterocycles. The summed E-state index contributed by atoms with van der Waals surface area (Å²) in [6, 6.07) is 11.3. The minimum absolute atomic E-state index is 0.318. The van der Waals surface area contributed by atoms with E-state index in [1.54, 1.807) is 50.2 Å². The summed E-state index contributed by atoms with van der Waals surface area (Å²) in [4.78, 5) is 12.0. The van der Waals surface area contributed by atoms with Crippen molar-refractivity contribution in [3.05, 3.63) is 53.8 Å². The number of aryl methyl sites for hydroxylation is 1. The van der Waals surface area contributed by atoms with Crippen molar-refractivity contribution in [1.29, 1.82) is 0 Å². The summed E-state index contributed by atoms with van der Waals surface area (Å²) in [5.74, 6) is -0.363. The quantitative estimate of drug-likeness (QED) is 0.850. The van der Waals surface area contributed by atoms with E-state index in [0.717, 1.165) is 0 Å². The van der Waals surface area contributed by atoms with Crippen molar-refractivity contribution in [3.8, 4) is 5.75 Å². The highest BCUT2D eigenvalue weighted by atomic mass is 19.1. The van der Waals surface area contributed by atoms with Gasteiger partial charge in [-0.05, 0) is 49.7 Å². The molecule has 0 fully saturated rings. The second-order valence-electron chi connectivity index (χ2n) is 4.78. The van der Waals surface area contributed by atoms with E-state index in [1.165, 1.54) is 6.07 Å². The highest BCUT2D eigenvalue weighted by Gasteiger charge is 2.15. The zero-order chi connectivity index (χ0) is 15.4. The van der Waals surface area contributed by atoms with Gasteiger partial charge in [-0.1, -0.05) is 6.07 Å². The Hall–Kier alpha value is -2.56. The fourth-order valence-corrected chi connectivity index (χ4v) is 1.71. The van der Waals surface area contributed by atoms with Crippen LogP contribution in [0.5, 0.6) is 5.75 Å². The third-order valence-electron chi connectivity index (χ3n) is 3.00. The van der Waals surface area contributed by atoms with E-state index in [-0.39, 0.29) is 11.7 Å². The van der Waals surface area contributed by atoms with E-state index in [4.69, 9.17) is 10.5 Å². The van der Waals surface area contributed by atoms with Gasteiger partial charge in [0.2, 0.25) is 0 Å². The normalized spacial score (nSPS) is 11.8. The molecule has 2 aromatic carbocycles. The molecule has 0 bridgehead atoms. The maximum atomic E-state index is 13.4. The number of hydrogen-bond acceptors (Lipinski definition) is 3. The summed E-state index contributed by atoms with van der Waals surface area (Å²) in [6.07, 6.45) is -0.746. The topological polar surface area (TPSA) is 64.3 Å². The van der Waals surface area contributed by atoms with Crippen LogP contribution in [0.4, 0.5) is 15.8 Å². The SMILES string of the molecule is Cc1ccc(OC(C)C(=O)Nc2ccc(N)cc2)cc1F. The molecule has 0 aliphatic carbocycles. The maximum absolute atomic E-state index is 13.4. The van der Waals surface area contributed by atoms with Crippen molar-refractivity contribution in [2.45, 2.75) is 20.0 Å². The van der Waals surface area contributed by atoms with Crippen LogP contribution >= 0.6 is 0 Å². The number of nitrogen functional groups attached to an aromatic ring is 1. The molecule has 0 aromatic heterocycles. The van der Waals surface area contributed by atoms with Crippen LogP contribution in [0.3, 0.4) is 0 Å². The highest BCUT2D eigenvalue weighted by molar-refractivity contribution is 5.94. The number of ether oxygens (including phenoxy) is 1. The van der Waals surface area contributed by atoms with Gasteiger partial charge in [-0.25, -0.2) is 4.39 Å². The Morgan fingerprint density at radius 3 is 2.52 bits per heavy atom. The first-order chi connectivity index (χ1) is 9.95. The lowest BCUT2D eigenvalue weighted by molar-refractivity contribution is -0.122. The molecule has 2 aromatic rings. The Morgan fingerprint density at radius 1 is 1.24 bits per heavy atom. The van der Waals surface area contributed by atoms with Crippen LogP contribution in [-0.2, 0) is 4.79 Å². The van der Waals surface area contributed by atoms with Gasteiger partial charge in [0, 0.05) is 17.4 Å². The van der Waals surface area contributed by atoms with Crippen LogP contribution in [0.25, 0.3) is 0 Å². The van der Waals surface area contributed by atoms with Gasteiger partial charge in [-0.15, -0.1) is 0 Å². The molecule has 21 heavy (non-hydrogen) atoms. The molecule has 0 radical (unpaired) electrons. The molecule has 1 atom stereocenters. The van der Waals surface area contributed by atoms with Gasteiger partial charge in [0.05, 0.1) is 0 Å². The fraction of sp³-hybridized carbons (Fsp3) is 0.188. The van der Waals surface area contributed by atoms with Crippen molar-refractivity contribution in [2.24, 2.45) is 0 Å². The number of nitrogens with two attached hydrogens (primary N) is 1. The van der Waals surface area contributed by atoms with Crippen molar-refractivity contribution in [3.63, 3.8) is 0 Å². The molecule has 0 saturated heterocycles. The summed E-state index contributed by atoms with van der Waals surface area (Å²) < 4.78 is 18.9. The Balaban J connectivity index is 1.98. The minimum atomic E-state index is -0.746. The van der Waals surface area contributed by atoms with Crippen LogP contribution in [0.15, 0.2) is 42.5 Å². The van der Waals surface area contributed by atoms with E-state index < -0.39 is 6.10 Å². The number of carbonyl (C=O) groups is 1. The molecule has 5 heteroatoms. The largest absolute Gasteiger partial charge is 0.481 e. The lowest BCUT2D eigenvalue weighted by Gasteiger charge is -2.15. The Bertz CT molecular complexity index is 641. The summed E-state index contributed by atoms with van der Waals surface area (Å²) >= 11 is 0. The second-order valence-corrected chi connectivity index (χ2v) is 4.78. The first-order valence-corrected chi connectivity index (χ1v) is 6.55. The average Bonchev–Trinajstić information content (AvgIpc) is 2.45. The number of nitrogens with one attached hydrogen (secondary N) is 1. The number of halogens is 1. The Labute approximate surface area is 122 Å². The standard InChI is InChI=1S/C16H17FN2O2/c1-10-3-8-14(9-15(10)17)21-11(2)16(20)19-13-6-4-12(18)5-7-13/h3-9,11H,18H2,1-2H3,(H,19,20). The zero-order valence-corrected chi connectivity index (χ0v) is 11.9. The van der Waals surface area contributed by atoms with Gasteiger partial charge in [-0.3, -0.25) is 4.79 Å². The van der Waals surface area contributed by atoms with Crippen LogP contribution in [0.2, 0.25) is 0 Å². The van der Waals surface area contributed by atoms with E-state index in [9.17, 15) is 9.18 Å². The van der Waals surface area contributed by atoms with E-state index in [2.05, 4.69) is 5.32 Å². The molecule has 0 aliphatic rings. The van der Waals surface area contributed by atoms with E-state index in [0.29, 0.717) is 22.7 Å². The molecule has 110 valence electrons. The molecule has 0 saturated carbocycles. The lowest BCUT2D eigenvalue weighted by Crippen LogP contribution is -2.30. The number of anilines is 2. The summed E-state index contributed by atoms with van der Waals surface area (Å²) in [5, 5.41) is 2.70. The number of carbonyl (C=O) groups excluding carboxylic acids is 1. The van der Waals surface area contributed by atoms with Crippen LogP contribution in [0, 0.1) is 12.7 Å². The summed E-state index contributed by atoms with van der Waals surface area (Å²) in [6.45, 7) is 3.26. The molecule has 4 nitrogen and oxygen atoms in total. The molecule has 0 aliphatic heterocycles. The molecule has 0 spiro atoms. The van der Waals surface area contributed by atoms with Gasteiger partial charge in [-0.2, -0.15) is 0 Å².